The number of thioether (sulfide) groups is 1. The van der Waals surface area contributed by atoms with E-state index < -0.39 is 15.9 Å². The summed E-state index contributed by atoms with van der Waals surface area (Å²) in [6.45, 7) is 3.89. The van der Waals surface area contributed by atoms with Gasteiger partial charge in [0, 0.05) is 23.8 Å². The molecule has 0 fully saturated rings. The van der Waals surface area contributed by atoms with Crippen molar-refractivity contribution in [2.24, 2.45) is 4.99 Å². The first-order valence-corrected chi connectivity index (χ1v) is 14.7. The lowest BCUT2D eigenvalue weighted by Gasteiger charge is -2.09. The molecule has 40 heavy (non-hydrogen) atoms. The molecule has 8 nitrogen and oxygen atoms in total. The van der Waals surface area contributed by atoms with Gasteiger partial charge in [0.15, 0.2) is 5.17 Å². The Bertz CT molecular complexity index is 1740. The summed E-state index contributed by atoms with van der Waals surface area (Å²) in [6, 6.07) is 23.1. The van der Waals surface area contributed by atoms with E-state index in [1.165, 1.54) is 23.9 Å². The Labute approximate surface area is 236 Å². The van der Waals surface area contributed by atoms with Crippen LogP contribution in [0.4, 0.5) is 5.69 Å². The van der Waals surface area contributed by atoms with Crippen molar-refractivity contribution in [3.8, 4) is 5.69 Å². The second kappa shape index (κ2) is 11.4. The van der Waals surface area contributed by atoms with Crippen molar-refractivity contribution in [1.29, 1.82) is 0 Å². The number of aromatic nitrogens is 1. The molecule has 0 saturated heterocycles. The number of anilines is 1. The van der Waals surface area contributed by atoms with E-state index in [2.05, 4.69) is 15.0 Å². The number of nitrogens with zero attached hydrogens (tertiary/aromatic N) is 2. The van der Waals surface area contributed by atoms with E-state index in [9.17, 15) is 18.0 Å². The molecule has 2 amide bonds. The van der Waals surface area contributed by atoms with Gasteiger partial charge in [-0.1, -0.05) is 42.0 Å². The van der Waals surface area contributed by atoms with E-state index in [0.29, 0.717) is 21.3 Å². The average molecular weight is 571 g/mol. The number of aryl methyl sites for hydroxylation is 2. The molecular weight excluding hydrogens is 544 g/mol. The SMILES string of the molecule is Cc1ccc(S(=O)(=O)NC(=O)Cc2ccc(NC3=NC(=O)C(=Cc4ccc(C)c(-n5cccc5)c4)S3)cc2)cc1. The highest BCUT2D eigenvalue weighted by molar-refractivity contribution is 8.18. The van der Waals surface area contributed by atoms with Crippen LogP contribution < -0.4 is 10.0 Å². The van der Waals surface area contributed by atoms with Crippen LogP contribution in [-0.4, -0.2) is 30.0 Å². The van der Waals surface area contributed by atoms with Crippen molar-refractivity contribution in [2.45, 2.75) is 25.2 Å². The zero-order valence-electron chi connectivity index (χ0n) is 21.8. The van der Waals surface area contributed by atoms with E-state index in [0.717, 1.165) is 22.4 Å². The third-order valence-electron chi connectivity index (χ3n) is 6.18. The molecular formula is C30H26N4O4S2. The molecule has 1 aliphatic rings. The van der Waals surface area contributed by atoms with Gasteiger partial charge in [-0.25, -0.2) is 13.1 Å². The maximum Gasteiger partial charge on any atom is 0.286 e. The predicted octanol–water partition coefficient (Wildman–Crippen LogP) is 5.22. The Hall–Kier alpha value is -4.41. The molecule has 0 saturated carbocycles. The first-order chi connectivity index (χ1) is 19.2. The number of rotatable bonds is 7. The van der Waals surface area contributed by atoms with E-state index in [-0.39, 0.29) is 17.2 Å². The molecule has 3 aromatic carbocycles. The van der Waals surface area contributed by atoms with Gasteiger partial charge in [-0.05, 0) is 90.8 Å². The van der Waals surface area contributed by atoms with Crippen molar-refractivity contribution in [2.75, 3.05) is 5.32 Å². The summed E-state index contributed by atoms with van der Waals surface area (Å²) in [5, 5.41) is 3.57. The summed E-state index contributed by atoms with van der Waals surface area (Å²) in [7, 11) is -3.94. The van der Waals surface area contributed by atoms with Gasteiger partial charge < -0.3 is 9.88 Å². The monoisotopic (exact) mass is 570 g/mol. The number of amidine groups is 1. The Balaban J connectivity index is 1.19. The number of amides is 2. The average Bonchev–Trinajstić information content (AvgIpc) is 3.56. The van der Waals surface area contributed by atoms with Crippen LogP contribution in [0.1, 0.15) is 22.3 Å². The van der Waals surface area contributed by atoms with Crippen LogP contribution in [0.25, 0.3) is 11.8 Å². The van der Waals surface area contributed by atoms with Gasteiger partial charge in [-0.15, -0.1) is 0 Å². The van der Waals surface area contributed by atoms with Gasteiger partial charge in [0.25, 0.3) is 15.9 Å². The fourth-order valence-electron chi connectivity index (χ4n) is 4.08. The molecule has 0 bridgehead atoms. The maximum atomic E-state index is 12.6. The first-order valence-electron chi connectivity index (χ1n) is 12.4. The fraction of sp³-hybridized carbons (Fsp3) is 0.100. The molecule has 0 aliphatic carbocycles. The van der Waals surface area contributed by atoms with Gasteiger partial charge in [0.2, 0.25) is 5.91 Å². The topological polar surface area (TPSA) is 110 Å². The van der Waals surface area contributed by atoms with Crippen molar-refractivity contribution < 1.29 is 18.0 Å². The van der Waals surface area contributed by atoms with Crippen LogP contribution in [0.5, 0.6) is 0 Å². The minimum absolute atomic E-state index is 0.0347. The molecule has 0 spiro atoms. The number of aliphatic imine (C=N–C) groups is 1. The third kappa shape index (κ3) is 6.41. The minimum Gasteiger partial charge on any atom is -0.334 e. The summed E-state index contributed by atoms with van der Waals surface area (Å²) < 4.78 is 29.0. The predicted molar refractivity (Wildman–Crippen MR) is 159 cm³/mol. The molecule has 1 aromatic heterocycles. The summed E-state index contributed by atoms with van der Waals surface area (Å²) in [5.41, 5.74) is 5.30. The number of carbonyl (C=O) groups excluding carboxylic acids is 2. The van der Waals surface area contributed by atoms with Gasteiger partial charge in [-0.3, -0.25) is 9.59 Å². The van der Waals surface area contributed by atoms with E-state index in [4.69, 9.17) is 0 Å². The molecule has 5 rings (SSSR count). The highest BCUT2D eigenvalue weighted by Crippen LogP contribution is 2.30. The zero-order valence-corrected chi connectivity index (χ0v) is 23.4. The molecule has 4 aromatic rings. The molecule has 2 N–H and O–H groups in total. The summed E-state index contributed by atoms with van der Waals surface area (Å²) >= 11 is 1.25. The molecule has 1 aliphatic heterocycles. The normalized spacial score (nSPS) is 14.3. The second-order valence-electron chi connectivity index (χ2n) is 9.31. The lowest BCUT2D eigenvalue weighted by molar-refractivity contribution is -0.118. The summed E-state index contributed by atoms with van der Waals surface area (Å²) in [6.07, 6.45) is 5.67. The van der Waals surface area contributed by atoms with Gasteiger partial charge in [0.1, 0.15) is 0 Å². The van der Waals surface area contributed by atoms with Crippen LogP contribution >= 0.6 is 11.8 Å². The van der Waals surface area contributed by atoms with Crippen LogP contribution in [0.2, 0.25) is 0 Å². The number of nitrogens with one attached hydrogen (secondary N) is 2. The smallest absolute Gasteiger partial charge is 0.286 e. The third-order valence-corrected chi connectivity index (χ3v) is 8.47. The molecule has 2 heterocycles. The Morgan fingerprint density at radius 2 is 1.68 bits per heavy atom. The lowest BCUT2D eigenvalue weighted by Crippen LogP contribution is -2.31. The van der Waals surface area contributed by atoms with E-state index in [1.54, 1.807) is 36.4 Å². The van der Waals surface area contributed by atoms with Crippen molar-refractivity contribution >= 4 is 50.5 Å². The number of hydrogen-bond donors (Lipinski definition) is 2. The Morgan fingerprint density at radius 1 is 0.975 bits per heavy atom. The highest BCUT2D eigenvalue weighted by atomic mass is 32.2. The molecule has 0 unspecified atom stereocenters. The minimum atomic E-state index is -3.94. The summed E-state index contributed by atoms with van der Waals surface area (Å²) in [5.74, 6) is -0.952. The van der Waals surface area contributed by atoms with Gasteiger partial charge in [0.05, 0.1) is 16.2 Å². The Kier molecular flexibility index (Phi) is 7.72. The van der Waals surface area contributed by atoms with Crippen LogP contribution in [-0.2, 0) is 26.0 Å². The molecule has 202 valence electrons. The van der Waals surface area contributed by atoms with Gasteiger partial charge in [-0.2, -0.15) is 4.99 Å². The first kappa shape index (κ1) is 27.2. The summed E-state index contributed by atoms with van der Waals surface area (Å²) in [4.78, 5) is 29.6. The van der Waals surface area contributed by atoms with Crippen molar-refractivity contribution in [3.05, 3.63) is 118 Å². The van der Waals surface area contributed by atoms with Gasteiger partial charge >= 0.3 is 0 Å². The van der Waals surface area contributed by atoms with Crippen LogP contribution in [0, 0.1) is 13.8 Å². The second-order valence-corrected chi connectivity index (χ2v) is 12.0. The Morgan fingerprint density at radius 3 is 2.38 bits per heavy atom. The number of hydrogen-bond acceptors (Lipinski definition) is 6. The van der Waals surface area contributed by atoms with E-state index >= 15 is 0 Å². The van der Waals surface area contributed by atoms with Crippen molar-refractivity contribution in [3.63, 3.8) is 0 Å². The molecule has 10 heteroatoms. The van der Waals surface area contributed by atoms with Crippen molar-refractivity contribution in [1.82, 2.24) is 9.29 Å². The zero-order chi connectivity index (χ0) is 28.3. The largest absolute Gasteiger partial charge is 0.334 e. The number of carbonyl (C=O) groups is 2. The number of benzene rings is 3. The molecule has 0 atom stereocenters. The van der Waals surface area contributed by atoms with Crippen LogP contribution in [0.3, 0.4) is 0 Å². The fourth-order valence-corrected chi connectivity index (χ4v) is 5.90. The quantitative estimate of drug-likeness (QED) is 0.295. The number of sulfonamides is 1. The lowest BCUT2D eigenvalue weighted by atomic mass is 10.1. The maximum absolute atomic E-state index is 12.6. The highest BCUT2D eigenvalue weighted by Gasteiger charge is 2.22. The van der Waals surface area contributed by atoms with Crippen LogP contribution in [0.15, 0.2) is 106 Å². The standard InChI is InChI=1S/C30H26N4O4S2/c1-20-5-13-25(14-6-20)40(37,38)33-28(35)19-22-9-11-24(12-10-22)31-30-32-29(36)27(39-30)18-23-8-7-21(2)26(17-23)34-15-3-4-16-34/h3-18H,19H2,1-2H3,(H,33,35)(H,31,32,36). The van der Waals surface area contributed by atoms with E-state index in [1.807, 2.05) is 67.2 Å². The molecule has 0 radical (unpaired) electrons.